The number of amides is 2. The molecule has 0 spiro atoms. The van der Waals surface area contributed by atoms with Crippen LogP contribution in [0.4, 0.5) is 0 Å². The molecule has 0 saturated heterocycles. The minimum atomic E-state index is -0.817. The van der Waals surface area contributed by atoms with E-state index in [0.29, 0.717) is 17.2 Å². The predicted octanol–water partition coefficient (Wildman–Crippen LogP) is 2.56. The van der Waals surface area contributed by atoms with Crippen molar-refractivity contribution in [1.29, 1.82) is 0 Å². The highest BCUT2D eigenvalue weighted by molar-refractivity contribution is 5.99. The topological polar surface area (TPSA) is 95.1 Å². The minimum absolute atomic E-state index is 0.175. The summed E-state index contributed by atoms with van der Waals surface area (Å²) in [6, 6.07) is 8.60. The molecule has 0 radical (unpaired) electrons. The summed E-state index contributed by atoms with van der Waals surface area (Å²) in [5.74, 6) is 0.584. The van der Waals surface area contributed by atoms with E-state index >= 15 is 0 Å². The lowest BCUT2D eigenvalue weighted by molar-refractivity contribution is -0.128. The Kier molecular flexibility index (Phi) is 7.30. The third kappa shape index (κ3) is 5.10. The van der Waals surface area contributed by atoms with Crippen molar-refractivity contribution < 1.29 is 28.5 Å². The van der Waals surface area contributed by atoms with Crippen molar-refractivity contribution in [3.63, 3.8) is 0 Å². The fraction of sp³-hybridized carbons (Fsp3) is 0.333. The molecular formula is C21H26N2O6. The van der Waals surface area contributed by atoms with Crippen LogP contribution in [0.5, 0.6) is 23.0 Å². The lowest BCUT2D eigenvalue weighted by Crippen LogP contribution is -2.47. The van der Waals surface area contributed by atoms with Crippen LogP contribution in [0.25, 0.3) is 0 Å². The Hall–Kier alpha value is -3.42. The summed E-state index contributed by atoms with van der Waals surface area (Å²) in [6.45, 7) is 5.48. The van der Waals surface area contributed by atoms with E-state index in [0.717, 1.165) is 11.1 Å². The molecule has 0 aliphatic rings. The standard InChI is InChI=1S/C21H26N2O6/c1-12-8-7-9-16(13(12)2)29-14(3)20(24)22-23-21(25)15-10-18(27-5)19(28-6)11-17(15)26-4/h7-11,14H,1-6H3,(H,22,24)(H,23,25)/t14-/m0/s1. The number of hydrogen-bond acceptors (Lipinski definition) is 6. The predicted molar refractivity (Wildman–Crippen MR) is 108 cm³/mol. The van der Waals surface area contributed by atoms with Gasteiger partial charge >= 0.3 is 0 Å². The third-order valence-electron chi connectivity index (χ3n) is 4.48. The monoisotopic (exact) mass is 402 g/mol. The van der Waals surface area contributed by atoms with Crippen LogP contribution in [-0.4, -0.2) is 39.2 Å². The lowest BCUT2D eigenvalue weighted by Gasteiger charge is -2.18. The van der Waals surface area contributed by atoms with Gasteiger partial charge in [-0.15, -0.1) is 0 Å². The number of benzene rings is 2. The summed E-state index contributed by atoms with van der Waals surface area (Å²) in [5.41, 5.74) is 6.91. The van der Waals surface area contributed by atoms with Gasteiger partial charge in [0.1, 0.15) is 11.5 Å². The summed E-state index contributed by atoms with van der Waals surface area (Å²) in [5, 5.41) is 0. The number of hydrogen-bond donors (Lipinski definition) is 2. The van der Waals surface area contributed by atoms with Crippen molar-refractivity contribution in [2.75, 3.05) is 21.3 Å². The summed E-state index contributed by atoms with van der Waals surface area (Å²) in [7, 11) is 4.37. The second-order valence-corrected chi connectivity index (χ2v) is 6.31. The zero-order valence-electron chi connectivity index (χ0n) is 17.4. The van der Waals surface area contributed by atoms with Crippen molar-refractivity contribution in [3.8, 4) is 23.0 Å². The number of carbonyl (C=O) groups excluding carboxylic acids is 2. The summed E-state index contributed by atoms with van der Waals surface area (Å²) in [6.07, 6.45) is -0.817. The van der Waals surface area contributed by atoms with Gasteiger partial charge in [-0.25, -0.2) is 0 Å². The van der Waals surface area contributed by atoms with Crippen LogP contribution >= 0.6 is 0 Å². The Morgan fingerprint density at radius 1 is 0.862 bits per heavy atom. The first-order valence-electron chi connectivity index (χ1n) is 8.95. The van der Waals surface area contributed by atoms with Gasteiger partial charge in [0, 0.05) is 12.1 Å². The SMILES string of the molecule is COc1cc(OC)c(C(=O)NNC(=O)[C@H](C)Oc2cccc(C)c2C)cc1OC. The van der Waals surface area contributed by atoms with Crippen LogP contribution in [0.2, 0.25) is 0 Å². The van der Waals surface area contributed by atoms with Gasteiger partial charge in [-0.3, -0.25) is 20.4 Å². The Labute approximate surface area is 170 Å². The van der Waals surface area contributed by atoms with Crippen molar-refractivity contribution in [1.82, 2.24) is 10.9 Å². The highest BCUT2D eigenvalue weighted by atomic mass is 16.5. The Morgan fingerprint density at radius 3 is 2.10 bits per heavy atom. The van der Waals surface area contributed by atoms with Crippen LogP contribution in [0.15, 0.2) is 30.3 Å². The molecule has 8 heteroatoms. The van der Waals surface area contributed by atoms with E-state index < -0.39 is 17.9 Å². The number of carbonyl (C=O) groups is 2. The molecule has 2 rings (SSSR count). The van der Waals surface area contributed by atoms with Crippen LogP contribution < -0.4 is 29.8 Å². The molecule has 1 atom stereocenters. The lowest BCUT2D eigenvalue weighted by atomic mass is 10.1. The molecular weight excluding hydrogens is 376 g/mol. The van der Waals surface area contributed by atoms with Crippen molar-refractivity contribution in [2.45, 2.75) is 26.9 Å². The zero-order valence-corrected chi connectivity index (χ0v) is 17.4. The second kappa shape index (κ2) is 9.68. The molecule has 0 aliphatic heterocycles. The van der Waals surface area contributed by atoms with Crippen LogP contribution in [-0.2, 0) is 4.79 Å². The molecule has 0 aliphatic carbocycles. The number of methoxy groups -OCH3 is 3. The summed E-state index contributed by atoms with van der Waals surface area (Å²) >= 11 is 0. The van der Waals surface area contributed by atoms with E-state index in [2.05, 4.69) is 10.9 Å². The molecule has 156 valence electrons. The average molecular weight is 402 g/mol. The van der Waals surface area contributed by atoms with Crippen LogP contribution in [0, 0.1) is 13.8 Å². The molecule has 0 fully saturated rings. The van der Waals surface area contributed by atoms with Gasteiger partial charge in [0.25, 0.3) is 11.8 Å². The fourth-order valence-corrected chi connectivity index (χ4v) is 2.59. The normalized spacial score (nSPS) is 11.2. The molecule has 0 bridgehead atoms. The maximum absolute atomic E-state index is 12.5. The minimum Gasteiger partial charge on any atom is -0.496 e. The fourth-order valence-electron chi connectivity index (χ4n) is 2.59. The van der Waals surface area contributed by atoms with Crippen molar-refractivity contribution in [3.05, 3.63) is 47.0 Å². The average Bonchev–Trinajstić information content (AvgIpc) is 2.73. The largest absolute Gasteiger partial charge is 0.496 e. The molecule has 2 aromatic rings. The van der Waals surface area contributed by atoms with Crippen molar-refractivity contribution in [2.24, 2.45) is 0 Å². The summed E-state index contributed by atoms with van der Waals surface area (Å²) in [4.78, 5) is 24.9. The molecule has 0 heterocycles. The second-order valence-electron chi connectivity index (χ2n) is 6.31. The van der Waals surface area contributed by atoms with E-state index in [1.807, 2.05) is 26.0 Å². The molecule has 0 saturated carbocycles. The molecule has 0 unspecified atom stereocenters. The quantitative estimate of drug-likeness (QED) is 0.691. The first-order valence-corrected chi connectivity index (χ1v) is 8.95. The maximum atomic E-state index is 12.5. The zero-order chi connectivity index (χ0) is 21.6. The summed E-state index contributed by atoms with van der Waals surface area (Å²) < 4.78 is 21.3. The van der Waals surface area contributed by atoms with Gasteiger partial charge < -0.3 is 18.9 Å². The molecule has 29 heavy (non-hydrogen) atoms. The van der Waals surface area contributed by atoms with E-state index in [9.17, 15) is 9.59 Å². The molecule has 8 nitrogen and oxygen atoms in total. The van der Waals surface area contributed by atoms with Gasteiger partial charge in [-0.1, -0.05) is 12.1 Å². The highest BCUT2D eigenvalue weighted by Gasteiger charge is 2.20. The Morgan fingerprint density at radius 2 is 1.48 bits per heavy atom. The highest BCUT2D eigenvalue weighted by Crippen LogP contribution is 2.34. The first kappa shape index (κ1) is 21.9. The maximum Gasteiger partial charge on any atom is 0.279 e. The van der Waals surface area contributed by atoms with E-state index in [1.54, 1.807) is 13.0 Å². The molecule has 2 N–H and O–H groups in total. The van der Waals surface area contributed by atoms with E-state index in [1.165, 1.54) is 33.5 Å². The number of hydrazine groups is 1. The van der Waals surface area contributed by atoms with Gasteiger partial charge in [0.15, 0.2) is 17.6 Å². The third-order valence-corrected chi connectivity index (χ3v) is 4.48. The van der Waals surface area contributed by atoms with E-state index in [-0.39, 0.29) is 11.3 Å². The number of aryl methyl sites for hydroxylation is 1. The molecule has 0 aromatic heterocycles. The van der Waals surface area contributed by atoms with Crippen LogP contribution in [0.3, 0.4) is 0 Å². The Balaban J connectivity index is 2.06. The number of ether oxygens (including phenoxy) is 4. The van der Waals surface area contributed by atoms with E-state index in [4.69, 9.17) is 18.9 Å². The number of rotatable bonds is 7. The van der Waals surface area contributed by atoms with Gasteiger partial charge in [0.2, 0.25) is 0 Å². The van der Waals surface area contributed by atoms with Gasteiger partial charge in [-0.2, -0.15) is 0 Å². The van der Waals surface area contributed by atoms with Gasteiger partial charge in [0.05, 0.1) is 26.9 Å². The smallest absolute Gasteiger partial charge is 0.279 e. The Bertz CT molecular complexity index is 897. The van der Waals surface area contributed by atoms with Gasteiger partial charge in [-0.05, 0) is 38.0 Å². The number of nitrogens with one attached hydrogen (secondary N) is 2. The van der Waals surface area contributed by atoms with Crippen molar-refractivity contribution >= 4 is 11.8 Å². The molecule has 2 amide bonds. The first-order chi connectivity index (χ1) is 13.8. The molecule has 2 aromatic carbocycles. The van der Waals surface area contributed by atoms with Crippen LogP contribution in [0.1, 0.15) is 28.4 Å².